The number of ether oxygens (including phenoxy) is 1. The van der Waals surface area contributed by atoms with Gasteiger partial charge >= 0.3 is 0 Å². The molecule has 0 atom stereocenters. The fourth-order valence-electron chi connectivity index (χ4n) is 2.80. The average molecular weight is 417 g/mol. The molecule has 1 amide bonds. The number of rotatable bonds is 6. The molecule has 0 saturated carbocycles. The van der Waals surface area contributed by atoms with Gasteiger partial charge in [0.1, 0.15) is 5.75 Å². The molecule has 0 bridgehead atoms. The van der Waals surface area contributed by atoms with Gasteiger partial charge in [-0.3, -0.25) is 4.79 Å². The van der Waals surface area contributed by atoms with Gasteiger partial charge in [0.05, 0.1) is 5.69 Å². The van der Waals surface area contributed by atoms with Crippen molar-refractivity contribution >= 4 is 29.0 Å². The number of amides is 1. The van der Waals surface area contributed by atoms with Crippen LogP contribution < -0.4 is 10.1 Å². The number of nitrogens with one attached hydrogen (secondary N) is 1. The number of hydrogen-bond acceptors (Lipinski definition) is 6. The Hall–Kier alpha value is -3.78. The van der Waals surface area contributed by atoms with Gasteiger partial charge in [0.2, 0.25) is 11.8 Å². The van der Waals surface area contributed by atoms with Crippen LogP contribution in [0.2, 0.25) is 0 Å². The molecule has 0 saturated heterocycles. The van der Waals surface area contributed by atoms with E-state index in [1.807, 2.05) is 37.4 Å². The molecule has 8 heteroatoms. The molecule has 3 heterocycles. The van der Waals surface area contributed by atoms with Gasteiger partial charge in [-0.05, 0) is 67.8 Å². The van der Waals surface area contributed by atoms with Crippen LogP contribution in [0.3, 0.4) is 0 Å². The fraction of sp³-hybridized carbons (Fsp3) is 0.0909. The quantitative estimate of drug-likeness (QED) is 0.456. The maximum absolute atomic E-state index is 12.0. The van der Waals surface area contributed by atoms with Gasteiger partial charge < -0.3 is 10.1 Å². The van der Waals surface area contributed by atoms with E-state index in [1.54, 1.807) is 58.5 Å². The largest absolute Gasteiger partial charge is 0.438 e. The smallest absolute Gasteiger partial charge is 0.248 e. The molecule has 1 N–H and O–H groups in total. The summed E-state index contributed by atoms with van der Waals surface area (Å²) in [7, 11) is 0. The molecule has 0 fully saturated rings. The third-order valence-corrected chi connectivity index (χ3v) is 4.98. The van der Waals surface area contributed by atoms with Crippen molar-refractivity contribution in [2.24, 2.45) is 0 Å². The number of nitrogens with zero attached hydrogens (tertiary/aromatic N) is 4. The van der Waals surface area contributed by atoms with Crippen molar-refractivity contribution < 1.29 is 9.53 Å². The minimum absolute atomic E-state index is 0.192. The molecular formula is C22H19N5O2S. The van der Waals surface area contributed by atoms with Gasteiger partial charge in [0, 0.05) is 28.4 Å². The topological polar surface area (TPSA) is 81.9 Å². The molecule has 30 heavy (non-hydrogen) atoms. The van der Waals surface area contributed by atoms with Crippen LogP contribution in [-0.2, 0) is 4.79 Å². The molecule has 0 aliphatic heterocycles. The number of thiophene rings is 1. The molecule has 0 aliphatic carbocycles. The Labute approximate surface area is 177 Å². The molecule has 150 valence electrons. The average Bonchev–Trinajstić information content (AvgIpc) is 3.38. The maximum Gasteiger partial charge on any atom is 0.248 e. The van der Waals surface area contributed by atoms with E-state index in [0.717, 1.165) is 16.3 Å². The Kier molecular flexibility index (Phi) is 5.67. The zero-order valence-corrected chi connectivity index (χ0v) is 17.3. The second-order valence-electron chi connectivity index (χ2n) is 6.53. The van der Waals surface area contributed by atoms with Crippen molar-refractivity contribution in [2.45, 2.75) is 13.8 Å². The molecule has 1 aromatic carbocycles. The highest BCUT2D eigenvalue weighted by Gasteiger charge is 2.07. The summed E-state index contributed by atoms with van der Waals surface area (Å²) in [6.07, 6.45) is 3.29. The number of carbonyl (C=O) groups excluding carboxylic acids is 1. The lowest BCUT2D eigenvalue weighted by atomic mass is 10.3. The molecule has 7 nitrogen and oxygen atoms in total. The van der Waals surface area contributed by atoms with Crippen LogP contribution in [0.25, 0.3) is 11.9 Å². The first-order valence-electron chi connectivity index (χ1n) is 9.25. The van der Waals surface area contributed by atoms with Crippen molar-refractivity contribution in [3.8, 4) is 17.4 Å². The summed E-state index contributed by atoms with van der Waals surface area (Å²) < 4.78 is 7.47. The number of hydrogen-bond donors (Lipinski definition) is 1. The summed E-state index contributed by atoms with van der Waals surface area (Å²) in [4.78, 5) is 13.0. The predicted octanol–water partition coefficient (Wildman–Crippen LogP) is 4.78. The van der Waals surface area contributed by atoms with Gasteiger partial charge in [0.25, 0.3) is 0 Å². The molecule has 0 radical (unpaired) electrons. The predicted molar refractivity (Wildman–Crippen MR) is 117 cm³/mol. The third-order valence-electron chi connectivity index (χ3n) is 4.14. The minimum Gasteiger partial charge on any atom is -0.438 e. The van der Waals surface area contributed by atoms with Crippen LogP contribution >= 0.6 is 11.3 Å². The summed E-state index contributed by atoms with van der Waals surface area (Å²) >= 11 is 1.58. The lowest BCUT2D eigenvalue weighted by Gasteiger charge is -2.07. The fourth-order valence-corrected chi connectivity index (χ4v) is 3.41. The van der Waals surface area contributed by atoms with Gasteiger partial charge in [-0.15, -0.1) is 21.5 Å². The first-order chi connectivity index (χ1) is 14.6. The van der Waals surface area contributed by atoms with Crippen LogP contribution in [0.4, 0.5) is 5.69 Å². The number of aryl methyl sites for hydroxylation is 2. The van der Waals surface area contributed by atoms with E-state index in [9.17, 15) is 4.79 Å². The first-order valence-corrected chi connectivity index (χ1v) is 10.1. The van der Waals surface area contributed by atoms with Crippen molar-refractivity contribution in [1.29, 1.82) is 0 Å². The maximum atomic E-state index is 12.0. The molecule has 4 rings (SSSR count). The van der Waals surface area contributed by atoms with Crippen molar-refractivity contribution in [3.05, 3.63) is 82.3 Å². The van der Waals surface area contributed by atoms with Crippen molar-refractivity contribution in [2.75, 3.05) is 5.32 Å². The van der Waals surface area contributed by atoms with Gasteiger partial charge in [-0.1, -0.05) is 6.07 Å². The molecule has 4 aromatic rings. The van der Waals surface area contributed by atoms with E-state index < -0.39 is 0 Å². The highest BCUT2D eigenvalue weighted by molar-refractivity contribution is 7.10. The van der Waals surface area contributed by atoms with E-state index >= 15 is 0 Å². The lowest BCUT2D eigenvalue weighted by Crippen LogP contribution is -2.07. The minimum atomic E-state index is -0.192. The summed E-state index contributed by atoms with van der Waals surface area (Å²) in [5.74, 6) is 1.40. The highest BCUT2D eigenvalue weighted by Crippen LogP contribution is 2.22. The van der Waals surface area contributed by atoms with Crippen LogP contribution in [0.1, 0.15) is 16.3 Å². The number of carbonyl (C=O) groups is 1. The third kappa shape index (κ3) is 4.79. The van der Waals surface area contributed by atoms with E-state index in [4.69, 9.17) is 4.74 Å². The van der Waals surface area contributed by atoms with Crippen LogP contribution in [0, 0.1) is 13.8 Å². The van der Waals surface area contributed by atoms with Crippen LogP contribution in [0.5, 0.6) is 11.6 Å². The Morgan fingerprint density at radius 3 is 2.57 bits per heavy atom. The second-order valence-corrected chi connectivity index (χ2v) is 7.51. The zero-order chi connectivity index (χ0) is 20.9. The summed E-state index contributed by atoms with van der Waals surface area (Å²) in [5, 5.41) is 17.5. The SMILES string of the molecule is Cc1cc(C)n(-c2ccc(Oc3ccc(NC(=O)/C=C/c4cccs4)cc3)nn2)n1. The Bertz CT molecular complexity index is 1160. The van der Waals surface area contributed by atoms with E-state index in [0.29, 0.717) is 23.1 Å². The lowest BCUT2D eigenvalue weighted by molar-refractivity contribution is -0.111. The Balaban J connectivity index is 1.36. The standard InChI is InChI=1S/C22H19N5O2S/c1-15-14-16(2)27(26-15)20-10-12-22(25-24-20)29-18-7-5-17(6-8-18)23-21(28)11-9-19-4-3-13-30-19/h3-14H,1-2H3,(H,23,28)/b11-9+. The normalized spacial score (nSPS) is 11.0. The van der Waals surface area contributed by atoms with Crippen molar-refractivity contribution in [1.82, 2.24) is 20.0 Å². The van der Waals surface area contributed by atoms with Crippen molar-refractivity contribution in [3.63, 3.8) is 0 Å². The monoisotopic (exact) mass is 417 g/mol. The molecule has 0 aliphatic rings. The van der Waals surface area contributed by atoms with E-state index in [1.165, 1.54) is 6.08 Å². The number of benzene rings is 1. The van der Waals surface area contributed by atoms with Gasteiger partial charge in [0.15, 0.2) is 5.82 Å². The van der Waals surface area contributed by atoms with E-state index in [2.05, 4.69) is 20.6 Å². The number of aromatic nitrogens is 4. The molecule has 3 aromatic heterocycles. The molecular weight excluding hydrogens is 398 g/mol. The van der Waals surface area contributed by atoms with Crippen LogP contribution in [-0.4, -0.2) is 25.9 Å². The van der Waals surface area contributed by atoms with Gasteiger partial charge in [-0.25, -0.2) is 4.68 Å². The number of anilines is 1. The van der Waals surface area contributed by atoms with Crippen LogP contribution in [0.15, 0.2) is 66.1 Å². The zero-order valence-electron chi connectivity index (χ0n) is 16.4. The summed E-state index contributed by atoms with van der Waals surface area (Å²) in [6, 6.07) is 16.5. The van der Waals surface area contributed by atoms with E-state index in [-0.39, 0.29) is 5.91 Å². The second kappa shape index (κ2) is 8.71. The highest BCUT2D eigenvalue weighted by atomic mass is 32.1. The summed E-state index contributed by atoms with van der Waals surface area (Å²) in [6.45, 7) is 3.89. The molecule has 0 unspecified atom stereocenters. The molecule has 0 spiro atoms. The first kappa shape index (κ1) is 19.5. The Morgan fingerprint density at radius 1 is 1.10 bits per heavy atom. The summed E-state index contributed by atoms with van der Waals surface area (Å²) in [5.41, 5.74) is 2.58. The van der Waals surface area contributed by atoms with Gasteiger partial charge in [-0.2, -0.15) is 5.10 Å². The Morgan fingerprint density at radius 2 is 1.93 bits per heavy atom.